The molecule has 5 heteroatoms. The number of amides is 1. The van der Waals surface area contributed by atoms with E-state index in [9.17, 15) is 4.79 Å². The maximum absolute atomic E-state index is 11.7. The summed E-state index contributed by atoms with van der Waals surface area (Å²) in [5.41, 5.74) is 1.73. The zero-order chi connectivity index (χ0) is 13.8. The van der Waals surface area contributed by atoms with Crippen LogP contribution in [0.1, 0.15) is 13.8 Å². The Morgan fingerprint density at radius 1 is 1.37 bits per heavy atom. The SMILES string of the molecule is CC(C)C(=O)Nc1cc(N2CCOCC2)ccc1Cl. The third-order valence-corrected chi connectivity index (χ3v) is 3.44. The lowest BCUT2D eigenvalue weighted by Crippen LogP contribution is -2.36. The van der Waals surface area contributed by atoms with Gasteiger partial charge in [-0.2, -0.15) is 0 Å². The van der Waals surface area contributed by atoms with Crippen molar-refractivity contribution in [2.45, 2.75) is 13.8 Å². The van der Waals surface area contributed by atoms with Crippen molar-refractivity contribution in [2.75, 3.05) is 36.5 Å². The van der Waals surface area contributed by atoms with Crippen LogP contribution in [0, 0.1) is 5.92 Å². The van der Waals surface area contributed by atoms with Crippen LogP contribution in [0.3, 0.4) is 0 Å². The molecule has 4 nitrogen and oxygen atoms in total. The average molecular weight is 283 g/mol. The predicted molar refractivity (Wildman–Crippen MR) is 78.0 cm³/mol. The number of carbonyl (C=O) groups is 1. The molecule has 1 aromatic rings. The molecule has 0 saturated carbocycles. The van der Waals surface area contributed by atoms with Crippen molar-refractivity contribution in [3.8, 4) is 0 Å². The summed E-state index contributed by atoms with van der Waals surface area (Å²) in [4.78, 5) is 14.0. The minimum absolute atomic E-state index is 0.0268. The molecule has 1 N–H and O–H groups in total. The van der Waals surface area contributed by atoms with Crippen LogP contribution in [0.15, 0.2) is 18.2 Å². The van der Waals surface area contributed by atoms with Crippen molar-refractivity contribution >= 4 is 28.9 Å². The molecule has 1 heterocycles. The number of ether oxygens (including phenoxy) is 1. The fourth-order valence-corrected chi connectivity index (χ4v) is 2.07. The van der Waals surface area contributed by atoms with Crippen LogP contribution >= 0.6 is 11.6 Å². The highest BCUT2D eigenvalue weighted by molar-refractivity contribution is 6.33. The maximum atomic E-state index is 11.7. The van der Waals surface area contributed by atoms with Gasteiger partial charge in [-0.3, -0.25) is 4.79 Å². The molecule has 0 aliphatic carbocycles. The van der Waals surface area contributed by atoms with Crippen LogP contribution in [-0.2, 0) is 9.53 Å². The van der Waals surface area contributed by atoms with Crippen molar-refractivity contribution in [3.05, 3.63) is 23.2 Å². The van der Waals surface area contributed by atoms with E-state index in [4.69, 9.17) is 16.3 Å². The van der Waals surface area contributed by atoms with Crippen molar-refractivity contribution in [1.82, 2.24) is 0 Å². The fraction of sp³-hybridized carbons (Fsp3) is 0.500. The molecule has 0 radical (unpaired) electrons. The van der Waals surface area contributed by atoms with Gasteiger partial charge in [0.1, 0.15) is 0 Å². The largest absolute Gasteiger partial charge is 0.378 e. The lowest BCUT2D eigenvalue weighted by Gasteiger charge is -2.29. The highest BCUT2D eigenvalue weighted by Crippen LogP contribution is 2.28. The first-order valence-electron chi connectivity index (χ1n) is 6.51. The van der Waals surface area contributed by atoms with Crippen molar-refractivity contribution in [1.29, 1.82) is 0 Å². The first kappa shape index (κ1) is 14.2. The second-order valence-corrected chi connectivity index (χ2v) is 5.31. The molecule has 1 aliphatic rings. The van der Waals surface area contributed by atoms with Crippen molar-refractivity contribution < 1.29 is 9.53 Å². The molecule has 0 spiro atoms. The Morgan fingerprint density at radius 2 is 2.05 bits per heavy atom. The summed E-state index contributed by atoms with van der Waals surface area (Å²) in [6.07, 6.45) is 0. The Morgan fingerprint density at radius 3 is 2.68 bits per heavy atom. The molecule has 19 heavy (non-hydrogen) atoms. The smallest absolute Gasteiger partial charge is 0.226 e. The second kappa shape index (κ2) is 6.26. The first-order valence-corrected chi connectivity index (χ1v) is 6.89. The van der Waals surface area contributed by atoms with E-state index >= 15 is 0 Å². The number of halogens is 1. The van der Waals surface area contributed by atoms with E-state index in [1.807, 2.05) is 32.0 Å². The van der Waals surface area contributed by atoms with Crippen LogP contribution in [0.25, 0.3) is 0 Å². The van der Waals surface area contributed by atoms with Crippen LogP contribution in [0.4, 0.5) is 11.4 Å². The van der Waals surface area contributed by atoms with Gasteiger partial charge in [-0.25, -0.2) is 0 Å². The molecule has 104 valence electrons. The van der Waals surface area contributed by atoms with Crippen LogP contribution in [0.2, 0.25) is 5.02 Å². The van der Waals surface area contributed by atoms with Gasteiger partial charge in [0, 0.05) is 24.7 Å². The third kappa shape index (κ3) is 3.61. The zero-order valence-corrected chi connectivity index (χ0v) is 12.0. The zero-order valence-electron chi connectivity index (χ0n) is 11.3. The monoisotopic (exact) mass is 282 g/mol. The topological polar surface area (TPSA) is 41.6 Å². The number of morpholine rings is 1. The number of anilines is 2. The van der Waals surface area contributed by atoms with Crippen LogP contribution < -0.4 is 10.2 Å². The van der Waals surface area contributed by atoms with Gasteiger partial charge in [0.15, 0.2) is 0 Å². The average Bonchev–Trinajstić information content (AvgIpc) is 2.42. The molecule has 1 saturated heterocycles. The van der Waals surface area contributed by atoms with Crippen LogP contribution in [-0.4, -0.2) is 32.2 Å². The summed E-state index contributed by atoms with van der Waals surface area (Å²) < 4.78 is 5.33. The standard InChI is InChI=1S/C14H19ClN2O2/c1-10(2)14(18)16-13-9-11(3-4-12(13)15)17-5-7-19-8-6-17/h3-4,9-10H,5-8H2,1-2H3,(H,16,18). The first-order chi connectivity index (χ1) is 9.08. The number of benzene rings is 1. The maximum Gasteiger partial charge on any atom is 0.226 e. The highest BCUT2D eigenvalue weighted by atomic mass is 35.5. The number of rotatable bonds is 3. The van der Waals surface area contributed by atoms with Gasteiger partial charge in [-0.05, 0) is 18.2 Å². The molecule has 0 bridgehead atoms. The summed E-state index contributed by atoms with van der Waals surface area (Å²) in [7, 11) is 0. The summed E-state index contributed by atoms with van der Waals surface area (Å²) >= 11 is 6.13. The lowest BCUT2D eigenvalue weighted by molar-refractivity contribution is -0.118. The highest BCUT2D eigenvalue weighted by Gasteiger charge is 2.14. The Hall–Kier alpha value is -1.26. The number of carbonyl (C=O) groups excluding carboxylic acids is 1. The molecular weight excluding hydrogens is 264 g/mol. The molecule has 0 unspecified atom stereocenters. The summed E-state index contributed by atoms with van der Waals surface area (Å²) in [5, 5.41) is 3.42. The summed E-state index contributed by atoms with van der Waals surface area (Å²) in [6, 6.07) is 5.72. The molecule has 0 aromatic heterocycles. The van der Waals surface area contributed by atoms with E-state index in [1.54, 1.807) is 0 Å². The van der Waals surface area contributed by atoms with E-state index in [0.717, 1.165) is 32.0 Å². The van der Waals surface area contributed by atoms with Gasteiger partial charge < -0.3 is 15.0 Å². The molecule has 1 aliphatic heterocycles. The number of hydrogen-bond acceptors (Lipinski definition) is 3. The van der Waals surface area contributed by atoms with Crippen molar-refractivity contribution in [3.63, 3.8) is 0 Å². The molecule has 0 atom stereocenters. The predicted octanol–water partition coefficient (Wildman–Crippen LogP) is 2.77. The van der Waals surface area contributed by atoms with Gasteiger partial charge in [-0.15, -0.1) is 0 Å². The van der Waals surface area contributed by atoms with E-state index in [0.29, 0.717) is 10.7 Å². The van der Waals surface area contributed by atoms with Crippen LogP contribution in [0.5, 0.6) is 0 Å². The van der Waals surface area contributed by atoms with Gasteiger partial charge in [0.25, 0.3) is 0 Å². The van der Waals surface area contributed by atoms with Gasteiger partial charge >= 0.3 is 0 Å². The van der Waals surface area contributed by atoms with E-state index in [-0.39, 0.29) is 11.8 Å². The Kier molecular flexibility index (Phi) is 4.66. The van der Waals surface area contributed by atoms with Gasteiger partial charge in [0.05, 0.1) is 23.9 Å². The fourth-order valence-electron chi connectivity index (χ4n) is 1.90. The lowest BCUT2D eigenvalue weighted by atomic mass is 10.2. The molecular formula is C14H19ClN2O2. The Balaban J connectivity index is 2.16. The van der Waals surface area contributed by atoms with E-state index in [2.05, 4.69) is 10.2 Å². The number of nitrogens with zero attached hydrogens (tertiary/aromatic N) is 1. The summed E-state index contributed by atoms with van der Waals surface area (Å²) in [6.45, 7) is 6.90. The molecule has 1 amide bonds. The minimum atomic E-state index is -0.0666. The van der Waals surface area contributed by atoms with E-state index in [1.165, 1.54) is 0 Å². The molecule has 1 aromatic carbocycles. The van der Waals surface area contributed by atoms with E-state index < -0.39 is 0 Å². The quantitative estimate of drug-likeness (QED) is 0.927. The Labute approximate surface area is 118 Å². The van der Waals surface area contributed by atoms with Gasteiger partial charge in [-0.1, -0.05) is 25.4 Å². The Bertz CT molecular complexity index is 457. The normalized spacial score (nSPS) is 15.7. The van der Waals surface area contributed by atoms with Crippen molar-refractivity contribution in [2.24, 2.45) is 5.92 Å². The molecule has 2 rings (SSSR count). The van der Waals surface area contributed by atoms with Gasteiger partial charge in [0.2, 0.25) is 5.91 Å². The minimum Gasteiger partial charge on any atom is -0.378 e. The third-order valence-electron chi connectivity index (χ3n) is 3.11. The summed E-state index contributed by atoms with van der Waals surface area (Å²) in [5.74, 6) is -0.0934. The number of hydrogen-bond donors (Lipinski definition) is 1. The molecule has 1 fully saturated rings. The second-order valence-electron chi connectivity index (χ2n) is 4.91. The number of nitrogens with one attached hydrogen (secondary N) is 1.